The standard InChI is InChI=1S/C20H28N2O4/c1-5-6-11-26-18-10-9-15(13-19(18)24-4)20(23)21-14-16(22(2)3)17-8-7-12-25-17/h7-10,12-13,16H,5-6,11,14H2,1-4H3,(H,21,23). The summed E-state index contributed by atoms with van der Waals surface area (Å²) < 4.78 is 16.5. The summed E-state index contributed by atoms with van der Waals surface area (Å²) in [5, 5.41) is 2.95. The van der Waals surface area contributed by atoms with Gasteiger partial charge in [0.15, 0.2) is 11.5 Å². The molecule has 0 bridgehead atoms. The van der Waals surface area contributed by atoms with Crippen molar-refractivity contribution in [1.29, 1.82) is 0 Å². The summed E-state index contributed by atoms with van der Waals surface area (Å²) in [7, 11) is 5.47. The number of ether oxygens (including phenoxy) is 2. The zero-order chi connectivity index (χ0) is 18.9. The van der Waals surface area contributed by atoms with E-state index in [9.17, 15) is 4.79 Å². The summed E-state index contributed by atoms with van der Waals surface area (Å²) in [6.45, 7) is 3.18. The Labute approximate surface area is 155 Å². The van der Waals surface area contributed by atoms with Gasteiger partial charge >= 0.3 is 0 Å². The summed E-state index contributed by atoms with van der Waals surface area (Å²) in [5.74, 6) is 1.86. The predicted octanol–water partition coefficient (Wildman–Crippen LogP) is 3.50. The number of furan rings is 1. The maximum Gasteiger partial charge on any atom is 0.251 e. The summed E-state index contributed by atoms with van der Waals surface area (Å²) in [6, 6.07) is 8.94. The van der Waals surface area contributed by atoms with E-state index in [-0.39, 0.29) is 11.9 Å². The molecule has 0 fully saturated rings. The van der Waals surface area contributed by atoms with Crippen molar-refractivity contribution < 1.29 is 18.7 Å². The van der Waals surface area contributed by atoms with E-state index in [1.165, 1.54) is 0 Å². The minimum Gasteiger partial charge on any atom is -0.493 e. The smallest absolute Gasteiger partial charge is 0.251 e. The van der Waals surface area contributed by atoms with Crippen LogP contribution < -0.4 is 14.8 Å². The highest BCUT2D eigenvalue weighted by atomic mass is 16.5. The summed E-state index contributed by atoms with van der Waals surface area (Å²) >= 11 is 0. The van der Waals surface area contributed by atoms with Crippen molar-refractivity contribution >= 4 is 5.91 Å². The Balaban J connectivity index is 2.02. The Kier molecular flexibility index (Phi) is 7.53. The summed E-state index contributed by atoms with van der Waals surface area (Å²) in [6.07, 6.45) is 3.67. The molecule has 2 rings (SSSR count). The number of rotatable bonds is 10. The number of hydrogen-bond donors (Lipinski definition) is 1. The van der Waals surface area contributed by atoms with Crippen molar-refractivity contribution in [3.05, 3.63) is 47.9 Å². The second-order valence-corrected chi connectivity index (χ2v) is 6.27. The molecular weight excluding hydrogens is 332 g/mol. The minimum atomic E-state index is -0.165. The van der Waals surface area contributed by atoms with Crippen LogP contribution in [-0.4, -0.2) is 45.2 Å². The highest BCUT2D eigenvalue weighted by molar-refractivity contribution is 5.94. The van der Waals surface area contributed by atoms with E-state index in [0.29, 0.717) is 30.2 Å². The Hall–Kier alpha value is -2.47. The molecule has 6 heteroatoms. The average Bonchev–Trinajstić information content (AvgIpc) is 3.16. The first-order chi connectivity index (χ1) is 12.6. The third-order valence-corrected chi connectivity index (χ3v) is 4.13. The first-order valence-electron chi connectivity index (χ1n) is 8.85. The van der Waals surface area contributed by atoms with Crippen LogP contribution >= 0.6 is 0 Å². The maximum absolute atomic E-state index is 12.5. The van der Waals surface area contributed by atoms with Crippen LogP contribution in [-0.2, 0) is 0 Å². The van der Waals surface area contributed by atoms with Gasteiger partial charge < -0.3 is 19.2 Å². The van der Waals surface area contributed by atoms with Crippen LogP contribution in [0.15, 0.2) is 41.0 Å². The molecule has 26 heavy (non-hydrogen) atoms. The lowest BCUT2D eigenvalue weighted by atomic mass is 10.1. The molecule has 0 aliphatic heterocycles. The number of hydrogen-bond acceptors (Lipinski definition) is 5. The van der Waals surface area contributed by atoms with Gasteiger partial charge in [0.05, 0.1) is 26.0 Å². The third kappa shape index (κ3) is 5.26. The van der Waals surface area contributed by atoms with Crippen LogP contribution in [0.25, 0.3) is 0 Å². The molecule has 1 heterocycles. The molecule has 0 aliphatic rings. The summed E-state index contributed by atoms with van der Waals surface area (Å²) in [4.78, 5) is 14.5. The number of carbonyl (C=O) groups excluding carboxylic acids is 1. The lowest BCUT2D eigenvalue weighted by Gasteiger charge is -2.22. The first-order valence-corrected chi connectivity index (χ1v) is 8.85. The van der Waals surface area contributed by atoms with Gasteiger partial charge in [-0.05, 0) is 50.8 Å². The van der Waals surface area contributed by atoms with Gasteiger partial charge in [-0.3, -0.25) is 9.69 Å². The van der Waals surface area contributed by atoms with E-state index >= 15 is 0 Å². The Morgan fingerprint density at radius 3 is 2.69 bits per heavy atom. The van der Waals surface area contributed by atoms with Crippen LogP contribution in [0.2, 0.25) is 0 Å². The molecule has 142 valence electrons. The SMILES string of the molecule is CCCCOc1ccc(C(=O)NCC(c2ccco2)N(C)C)cc1OC. The number of carbonyl (C=O) groups is 1. The van der Waals surface area contributed by atoms with E-state index in [0.717, 1.165) is 18.6 Å². The number of amides is 1. The van der Waals surface area contributed by atoms with Gasteiger partial charge in [0.2, 0.25) is 0 Å². The molecule has 0 saturated heterocycles. The maximum atomic E-state index is 12.5. The van der Waals surface area contributed by atoms with E-state index < -0.39 is 0 Å². The molecule has 1 amide bonds. The predicted molar refractivity (Wildman–Crippen MR) is 101 cm³/mol. The Bertz CT molecular complexity index is 683. The largest absolute Gasteiger partial charge is 0.493 e. The van der Waals surface area contributed by atoms with Crippen molar-refractivity contribution in [2.45, 2.75) is 25.8 Å². The minimum absolute atomic E-state index is 0.0347. The molecule has 1 unspecified atom stereocenters. The molecule has 0 spiro atoms. The van der Waals surface area contributed by atoms with Gasteiger partial charge in [-0.25, -0.2) is 0 Å². The Morgan fingerprint density at radius 2 is 2.08 bits per heavy atom. The highest BCUT2D eigenvalue weighted by Crippen LogP contribution is 2.28. The molecule has 1 N–H and O–H groups in total. The van der Waals surface area contributed by atoms with Gasteiger partial charge in [-0.15, -0.1) is 0 Å². The monoisotopic (exact) mass is 360 g/mol. The number of unbranched alkanes of at least 4 members (excludes halogenated alkanes) is 1. The first kappa shape index (κ1) is 19.8. The second kappa shape index (κ2) is 9.87. The van der Waals surface area contributed by atoms with Crippen LogP contribution in [0, 0.1) is 0 Å². The van der Waals surface area contributed by atoms with Crippen molar-refractivity contribution in [2.75, 3.05) is 34.4 Å². The molecule has 0 aliphatic carbocycles. The summed E-state index contributed by atoms with van der Waals surface area (Å²) in [5.41, 5.74) is 0.529. The fourth-order valence-electron chi connectivity index (χ4n) is 2.56. The Morgan fingerprint density at radius 1 is 1.27 bits per heavy atom. The zero-order valence-corrected chi connectivity index (χ0v) is 16.0. The van der Waals surface area contributed by atoms with Crippen LogP contribution in [0.5, 0.6) is 11.5 Å². The second-order valence-electron chi connectivity index (χ2n) is 6.27. The quantitative estimate of drug-likeness (QED) is 0.657. The van der Waals surface area contributed by atoms with Crippen LogP contribution in [0.4, 0.5) is 0 Å². The molecule has 1 aromatic heterocycles. The van der Waals surface area contributed by atoms with Gasteiger partial charge in [0.25, 0.3) is 5.91 Å². The van der Waals surface area contributed by atoms with Crippen molar-refractivity contribution in [1.82, 2.24) is 10.2 Å². The van der Waals surface area contributed by atoms with E-state index in [4.69, 9.17) is 13.9 Å². The zero-order valence-electron chi connectivity index (χ0n) is 16.0. The lowest BCUT2D eigenvalue weighted by molar-refractivity contribution is 0.0938. The van der Waals surface area contributed by atoms with Crippen molar-refractivity contribution in [3.8, 4) is 11.5 Å². The lowest BCUT2D eigenvalue weighted by Crippen LogP contribution is -2.34. The molecular formula is C20H28N2O4. The third-order valence-electron chi connectivity index (χ3n) is 4.13. The normalized spacial score (nSPS) is 12.0. The van der Waals surface area contributed by atoms with Gasteiger partial charge in [-0.2, -0.15) is 0 Å². The molecule has 0 radical (unpaired) electrons. The number of nitrogens with one attached hydrogen (secondary N) is 1. The number of methoxy groups -OCH3 is 1. The average molecular weight is 360 g/mol. The number of nitrogens with zero attached hydrogens (tertiary/aromatic N) is 1. The van der Waals surface area contributed by atoms with Crippen molar-refractivity contribution in [3.63, 3.8) is 0 Å². The molecule has 6 nitrogen and oxygen atoms in total. The molecule has 0 saturated carbocycles. The fraction of sp³-hybridized carbons (Fsp3) is 0.450. The molecule has 2 aromatic rings. The highest BCUT2D eigenvalue weighted by Gasteiger charge is 2.19. The van der Waals surface area contributed by atoms with Gasteiger partial charge in [-0.1, -0.05) is 13.3 Å². The molecule has 1 atom stereocenters. The van der Waals surface area contributed by atoms with Gasteiger partial charge in [0.1, 0.15) is 5.76 Å². The van der Waals surface area contributed by atoms with E-state index in [1.807, 2.05) is 31.1 Å². The fourth-order valence-corrected chi connectivity index (χ4v) is 2.56. The van der Waals surface area contributed by atoms with Gasteiger partial charge in [0, 0.05) is 12.1 Å². The van der Waals surface area contributed by atoms with E-state index in [1.54, 1.807) is 31.6 Å². The van der Waals surface area contributed by atoms with E-state index in [2.05, 4.69) is 12.2 Å². The molecule has 1 aromatic carbocycles. The van der Waals surface area contributed by atoms with Crippen molar-refractivity contribution in [2.24, 2.45) is 0 Å². The topological polar surface area (TPSA) is 63.9 Å². The number of benzene rings is 1. The van der Waals surface area contributed by atoms with Crippen LogP contribution in [0.1, 0.15) is 41.9 Å². The van der Waals surface area contributed by atoms with Crippen LogP contribution in [0.3, 0.4) is 0 Å². The number of likely N-dealkylation sites (N-methyl/N-ethyl adjacent to an activating group) is 1.